The molecule has 1 aromatic carbocycles. The minimum absolute atomic E-state index is 0.0291. The van der Waals surface area contributed by atoms with Gasteiger partial charge in [-0.2, -0.15) is 0 Å². The molecule has 1 aromatic rings. The van der Waals surface area contributed by atoms with Crippen molar-refractivity contribution in [2.24, 2.45) is 4.99 Å². The van der Waals surface area contributed by atoms with Gasteiger partial charge in [-0.15, -0.1) is 0 Å². The van der Waals surface area contributed by atoms with Gasteiger partial charge in [0.2, 0.25) is 0 Å². The first-order chi connectivity index (χ1) is 10.7. The van der Waals surface area contributed by atoms with E-state index in [2.05, 4.69) is 10.3 Å². The molecule has 0 bridgehead atoms. The molecule has 1 fully saturated rings. The third kappa shape index (κ3) is 3.46. The van der Waals surface area contributed by atoms with Crippen LogP contribution in [0.2, 0.25) is 0 Å². The Kier molecular flexibility index (Phi) is 5.03. The fraction of sp³-hybridized carbons (Fsp3) is 0.562. The van der Waals surface area contributed by atoms with Crippen LogP contribution >= 0.6 is 11.8 Å². The van der Waals surface area contributed by atoms with Crippen molar-refractivity contribution in [2.45, 2.75) is 49.7 Å². The van der Waals surface area contributed by atoms with Gasteiger partial charge in [0.1, 0.15) is 11.5 Å². The van der Waals surface area contributed by atoms with Crippen LogP contribution in [0.1, 0.15) is 18.9 Å². The second-order valence-electron chi connectivity index (χ2n) is 5.65. The van der Waals surface area contributed by atoms with Gasteiger partial charge in [0.15, 0.2) is 5.17 Å². The van der Waals surface area contributed by atoms with Crippen molar-refractivity contribution >= 4 is 16.9 Å². The molecular weight excluding hydrogens is 300 g/mol. The highest BCUT2D eigenvalue weighted by molar-refractivity contribution is 8.14. The van der Waals surface area contributed by atoms with Gasteiger partial charge in [-0.25, -0.2) is 0 Å². The second-order valence-corrected chi connectivity index (χ2v) is 6.74. The summed E-state index contributed by atoms with van der Waals surface area (Å²) in [5, 5.41) is 14.0. The van der Waals surface area contributed by atoms with E-state index in [-0.39, 0.29) is 23.7 Å². The summed E-state index contributed by atoms with van der Waals surface area (Å²) in [5.41, 5.74) is 1.09. The highest BCUT2D eigenvalue weighted by atomic mass is 32.2. The first-order valence-electron chi connectivity index (χ1n) is 7.58. The van der Waals surface area contributed by atoms with E-state index in [9.17, 15) is 5.11 Å². The molecule has 0 aromatic heterocycles. The number of amidine groups is 1. The standard InChI is InChI=1S/C16H22N2O3S/c1-10(19)14-13(20-9-11-6-4-3-5-7-11)8-12-15(21-14)22-16(17-2)18-12/h3-7,10,12-15,19H,8-9H2,1-2H3,(H,17,18)/t10?,12-,13+,14-,15-/m1/s1. The van der Waals surface area contributed by atoms with Crippen molar-refractivity contribution in [3.8, 4) is 0 Å². The number of benzene rings is 1. The minimum Gasteiger partial charge on any atom is -0.391 e. The summed E-state index contributed by atoms with van der Waals surface area (Å²) in [5.74, 6) is 0. The number of ether oxygens (including phenoxy) is 2. The summed E-state index contributed by atoms with van der Waals surface area (Å²) < 4.78 is 12.1. The van der Waals surface area contributed by atoms with Crippen molar-refractivity contribution < 1.29 is 14.6 Å². The zero-order valence-electron chi connectivity index (χ0n) is 12.8. The van der Waals surface area contributed by atoms with Gasteiger partial charge in [-0.1, -0.05) is 42.1 Å². The van der Waals surface area contributed by atoms with Crippen molar-refractivity contribution in [3.63, 3.8) is 0 Å². The summed E-state index contributed by atoms with van der Waals surface area (Å²) in [6, 6.07) is 10.1. The Morgan fingerprint density at radius 3 is 2.91 bits per heavy atom. The van der Waals surface area contributed by atoms with Crippen LogP contribution in [0.5, 0.6) is 0 Å². The summed E-state index contributed by atoms with van der Waals surface area (Å²) in [6.45, 7) is 2.27. The molecule has 6 heteroatoms. The summed E-state index contributed by atoms with van der Waals surface area (Å²) in [7, 11) is 1.86. The third-order valence-corrected chi connectivity index (χ3v) is 5.14. The zero-order chi connectivity index (χ0) is 15.5. The molecule has 22 heavy (non-hydrogen) atoms. The van der Waals surface area contributed by atoms with Crippen molar-refractivity contribution in [3.05, 3.63) is 35.9 Å². The number of hydrogen-bond acceptors (Lipinski definition) is 6. The van der Waals surface area contributed by atoms with E-state index in [0.717, 1.165) is 17.2 Å². The van der Waals surface area contributed by atoms with Crippen LogP contribution in [-0.4, -0.2) is 47.1 Å². The Morgan fingerprint density at radius 1 is 1.45 bits per heavy atom. The van der Waals surface area contributed by atoms with Crippen LogP contribution in [0.4, 0.5) is 0 Å². The number of thioether (sulfide) groups is 1. The van der Waals surface area contributed by atoms with Crippen LogP contribution in [-0.2, 0) is 16.1 Å². The topological polar surface area (TPSA) is 63.1 Å². The van der Waals surface area contributed by atoms with E-state index < -0.39 is 6.10 Å². The molecule has 0 amide bonds. The van der Waals surface area contributed by atoms with Crippen molar-refractivity contribution in [1.82, 2.24) is 5.32 Å². The number of fused-ring (bicyclic) bond motifs is 1. The molecule has 5 nitrogen and oxygen atoms in total. The maximum absolute atomic E-state index is 10.0. The maximum atomic E-state index is 10.0. The van der Waals surface area contributed by atoms with E-state index >= 15 is 0 Å². The molecule has 2 N–H and O–H groups in total. The lowest BCUT2D eigenvalue weighted by atomic mass is 9.98. The Morgan fingerprint density at radius 2 is 2.23 bits per heavy atom. The lowest BCUT2D eigenvalue weighted by Crippen LogP contribution is -2.49. The van der Waals surface area contributed by atoms with E-state index in [1.807, 2.05) is 37.4 Å². The first-order valence-corrected chi connectivity index (χ1v) is 8.46. The molecule has 2 heterocycles. The SMILES string of the molecule is CNC1=N[C@@H]2C[C@H](OCc3ccccc3)[C@@H](C(C)O)O[C@@H]2S1. The largest absolute Gasteiger partial charge is 0.391 e. The van der Waals surface area contributed by atoms with Crippen LogP contribution in [0.15, 0.2) is 35.3 Å². The summed E-state index contributed by atoms with van der Waals surface area (Å²) in [6.07, 6.45) is -0.266. The fourth-order valence-corrected chi connectivity index (χ4v) is 3.86. The molecule has 1 saturated heterocycles. The highest BCUT2D eigenvalue weighted by Gasteiger charge is 2.44. The highest BCUT2D eigenvalue weighted by Crippen LogP contribution is 2.37. The number of aliphatic hydroxyl groups is 1. The average Bonchev–Trinajstić information content (AvgIpc) is 2.95. The van der Waals surface area contributed by atoms with Crippen LogP contribution in [0.3, 0.4) is 0 Å². The van der Waals surface area contributed by atoms with Gasteiger partial charge in [0.05, 0.1) is 24.9 Å². The molecular formula is C16H22N2O3S. The number of nitrogens with one attached hydrogen (secondary N) is 1. The van der Waals surface area contributed by atoms with E-state index in [1.165, 1.54) is 0 Å². The van der Waals surface area contributed by atoms with Gasteiger partial charge < -0.3 is 19.9 Å². The number of hydrogen-bond donors (Lipinski definition) is 2. The molecule has 2 aliphatic rings. The van der Waals surface area contributed by atoms with Gasteiger partial charge in [0, 0.05) is 13.5 Å². The first kappa shape index (κ1) is 15.8. The van der Waals surface area contributed by atoms with Gasteiger partial charge in [0.25, 0.3) is 0 Å². The van der Waals surface area contributed by atoms with E-state index in [1.54, 1.807) is 18.7 Å². The second kappa shape index (κ2) is 7.00. The van der Waals surface area contributed by atoms with E-state index in [0.29, 0.717) is 6.61 Å². The average molecular weight is 322 g/mol. The molecule has 0 aliphatic carbocycles. The Bertz CT molecular complexity index is 523. The molecule has 3 rings (SSSR count). The normalized spacial score (nSPS) is 32.2. The van der Waals surface area contributed by atoms with Crippen molar-refractivity contribution in [1.29, 1.82) is 0 Å². The molecule has 5 atom stereocenters. The van der Waals surface area contributed by atoms with Crippen molar-refractivity contribution in [2.75, 3.05) is 7.05 Å². The predicted octanol–water partition coefficient (Wildman–Crippen LogP) is 1.76. The minimum atomic E-state index is -0.569. The molecule has 2 aliphatic heterocycles. The molecule has 0 spiro atoms. The van der Waals surface area contributed by atoms with E-state index in [4.69, 9.17) is 9.47 Å². The molecule has 1 unspecified atom stereocenters. The van der Waals surface area contributed by atoms with Crippen LogP contribution in [0, 0.1) is 0 Å². The third-order valence-electron chi connectivity index (χ3n) is 3.95. The van der Waals surface area contributed by atoms with Crippen LogP contribution < -0.4 is 5.32 Å². The number of nitrogens with zero attached hydrogens (tertiary/aromatic N) is 1. The molecule has 0 saturated carbocycles. The number of aliphatic imine (C=N–C) groups is 1. The Labute approximate surface area is 135 Å². The monoisotopic (exact) mass is 322 g/mol. The maximum Gasteiger partial charge on any atom is 0.159 e. The summed E-state index contributed by atoms with van der Waals surface area (Å²) >= 11 is 1.58. The zero-order valence-corrected chi connectivity index (χ0v) is 13.6. The Hall–Kier alpha value is -1.08. The smallest absolute Gasteiger partial charge is 0.159 e. The van der Waals surface area contributed by atoms with Gasteiger partial charge >= 0.3 is 0 Å². The van der Waals surface area contributed by atoms with Gasteiger partial charge in [-0.3, -0.25) is 4.99 Å². The molecule has 120 valence electrons. The summed E-state index contributed by atoms with van der Waals surface area (Å²) in [4.78, 5) is 4.61. The number of rotatable bonds is 4. The Balaban J connectivity index is 1.66. The van der Waals surface area contributed by atoms with Gasteiger partial charge in [-0.05, 0) is 12.5 Å². The fourth-order valence-electron chi connectivity index (χ4n) is 2.82. The van der Waals surface area contributed by atoms with Crippen LogP contribution in [0.25, 0.3) is 0 Å². The number of aliphatic hydroxyl groups excluding tert-OH is 1. The predicted molar refractivity (Wildman–Crippen MR) is 87.9 cm³/mol. The lowest BCUT2D eigenvalue weighted by molar-refractivity contribution is -0.160. The quantitative estimate of drug-likeness (QED) is 0.884. The molecule has 0 radical (unpaired) electrons. The lowest BCUT2D eigenvalue weighted by Gasteiger charge is -2.38.